The van der Waals surface area contributed by atoms with Gasteiger partial charge in [-0.25, -0.2) is 0 Å². The summed E-state index contributed by atoms with van der Waals surface area (Å²) in [6, 6.07) is 18.5. The van der Waals surface area contributed by atoms with Crippen LogP contribution < -0.4 is 4.90 Å². The van der Waals surface area contributed by atoms with E-state index in [2.05, 4.69) is 57.8 Å². The molecule has 2 aromatic carbocycles. The Morgan fingerprint density at radius 3 is 2.32 bits per heavy atom. The van der Waals surface area contributed by atoms with E-state index in [0.29, 0.717) is 0 Å². The molecular formula is C17H16BrN. The number of benzene rings is 2. The molecule has 0 heterocycles. The van der Waals surface area contributed by atoms with Crippen LogP contribution in [-0.4, -0.2) is 0 Å². The smallest absolute Gasteiger partial charge is 0.0472 e. The number of allylic oxidation sites excluding steroid dienone is 2. The van der Waals surface area contributed by atoms with Gasteiger partial charge in [0.25, 0.3) is 0 Å². The molecule has 0 spiro atoms. The molecule has 1 nitrogen and oxygen atoms in total. The maximum absolute atomic E-state index is 3.90. The molecule has 0 radical (unpaired) electrons. The van der Waals surface area contributed by atoms with Gasteiger partial charge in [0, 0.05) is 21.5 Å². The maximum atomic E-state index is 3.90. The lowest BCUT2D eigenvalue weighted by molar-refractivity contribution is 1.20. The Labute approximate surface area is 123 Å². The fourth-order valence-corrected chi connectivity index (χ4v) is 2.36. The van der Waals surface area contributed by atoms with E-state index in [0.717, 1.165) is 21.5 Å². The zero-order valence-corrected chi connectivity index (χ0v) is 12.5. The summed E-state index contributed by atoms with van der Waals surface area (Å²) in [5.41, 5.74) is 3.28. The topological polar surface area (TPSA) is 3.24 Å². The van der Waals surface area contributed by atoms with Crippen LogP contribution >= 0.6 is 15.9 Å². The van der Waals surface area contributed by atoms with E-state index in [-0.39, 0.29) is 0 Å². The average Bonchev–Trinajstić information content (AvgIpc) is 2.45. The van der Waals surface area contributed by atoms with Crippen LogP contribution in [0.5, 0.6) is 0 Å². The Balaban J connectivity index is 2.55. The molecule has 19 heavy (non-hydrogen) atoms. The lowest BCUT2D eigenvalue weighted by Crippen LogP contribution is -2.14. The highest BCUT2D eigenvalue weighted by Gasteiger charge is 2.11. The van der Waals surface area contributed by atoms with Gasteiger partial charge in [0.15, 0.2) is 0 Å². The number of rotatable bonds is 4. The normalized spacial score (nSPS) is 11.2. The van der Waals surface area contributed by atoms with Crippen LogP contribution in [0, 0.1) is 0 Å². The largest absolute Gasteiger partial charge is 0.311 e. The highest BCUT2D eigenvalue weighted by Crippen LogP contribution is 2.31. The van der Waals surface area contributed by atoms with Crippen molar-refractivity contribution >= 4 is 27.3 Å². The standard InChI is InChI=1S/C17H16BrN/c1-3-15(4-2)19(16-10-6-5-7-11-16)17-12-8-9-14(18)13-17/h3-13H,1H2,2H3/b15-4+. The summed E-state index contributed by atoms with van der Waals surface area (Å²) in [7, 11) is 0. The minimum atomic E-state index is 1.06. The Morgan fingerprint density at radius 1 is 1.05 bits per heavy atom. The van der Waals surface area contributed by atoms with E-state index in [9.17, 15) is 0 Å². The van der Waals surface area contributed by atoms with Gasteiger partial charge in [0.2, 0.25) is 0 Å². The van der Waals surface area contributed by atoms with Crippen molar-refractivity contribution in [2.24, 2.45) is 0 Å². The predicted octanol–water partition coefficient (Wildman–Crippen LogP) is 5.68. The summed E-state index contributed by atoms with van der Waals surface area (Å²) >= 11 is 3.52. The van der Waals surface area contributed by atoms with Crippen molar-refractivity contribution in [3.8, 4) is 0 Å². The molecule has 0 saturated heterocycles. The highest BCUT2D eigenvalue weighted by atomic mass is 79.9. The molecule has 0 bridgehead atoms. The first-order chi connectivity index (χ1) is 9.26. The molecule has 0 unspecified atom stereocenters. The van der Waals surface area contributed by atoms with E-state index >= 15 is 0 Å². The quantitative estimate of drug-likeness (QED) is 0.657. The zero-order valence-electron chi connectivity index (χ0n) is 10.9. The van der Waals surface area contributed by atoms with Gasteiger partial charge in [-0.05, 0) is 43.3 Å². The minimum Gasteiger partial charge on any atom is -0.311 e. The summed E-state index contributed by atoms with van der Waals surface area (Å²) in [5.74, 6) is 0. The first kappa shape index (κ1) is 13.6. The monoisotopic (exact) mass is 313 g/mol. The third-order valence-electron chi connectivity index (χ3n) is 2.84. The van der Waals surface area contributed by atoms with E-state index in [4.69, 9.17) is 0 Å². The molecule has 0 saturated carbocycles. The second-order valence-corrected chi connectivity index (χ2v) is 4.98. The molecule has 0 amide bonds. The van der Waals surface area contributed by atoms with Gasteiger partial charge in [-0.2, -0.15) is 0 Å². The van der Waals surface area contributed by atoms with Gasteiger partial charge in [0.1, 0.15) is 0 Å². The Hall–Kier alpha value is -1.80. The first-order valence-electron chi connectivity index (χ1n) is 6.15. The van der Waals surface area contributed by atoms with Crippen molar-refractivity contribution < 1.29 is 0 Å². The summed E-state index contributed by atoms with van der Waals surface area (Å²) in [6.07, 6.45) is 3.93. The summed E-state index contributed by atoms with van der Waals surface area (Å²) in [6.45, 7) is 5.92. The highest BCUT2D eigenvalue weighted by molar-refractivity contribution is 9.10. The van der Waals surface area contributed by atoms with Crippen LogP contribution in [0.4, 0.5) is 11.4 Å². The van der Waals surface area contributed by atoms with Crippen molar-refractivity contribution in [1.82, 2.24) is 0 Å². The molecule has 0 aromatic heterocycles. The zero-order chi connectivity index (χ0) is 13.7. The fraction of sp³-hybridized carbons (Fsp3) is 0.0588. The van der Waals surface area contributed by atoms with Crippen molar-refractivity contribution in [1.29, 1.82) is 0 Å². The number of hydrogen-bond acceptors (Lipinski definition) is 1. The predicted molar refractivity (Wildman–Crippen MR) is 86.7 cm³/mol. The van der Waals surface area contributed by atoms with Gasteiger partial charge >= 0.3 is 0 Å². The minimum absolute atomic E-state index is 1.06. The summed E-state index contributed by atoms with van der Waals surface area (Å²) < 4.78 is 1.06. The molecule has 2 heteroatoms. The summed E-state index contributed by atoms with van der Waals surface area (Å²) in [5, 5.41) is 0. The second kappa shape index (κ2) is 6.39. The van der Waals surface area contributed by atoms with Crippen molar-refractivity contribution in [3.05, 3.63) is 83.5 Å². The van der Waals surface area contributed by atoms with E-state index in [1.807, 2.05) is 43.3 Å². The Morgan fingerprint density at radius 2 is 1.74 bits per heavy atom. The SMILES string of the molecule is C=C/C(=C\C)N(c1ccccc1)c1cccc(Br)c1. The van der Waals surface area contributed by atoms with Gasteiger partial charge in [0.05, 0.1) is 0 Å². The van der Waals surface area contributed by atoms with E-state index in [1.54, 1.807) is 0 Å². The summed E-state index contributed by atoms with van der Waals surface area (Å²) in [4.78, 5) is 2.18. The number of halogens is 1. The molecular weight excluding hydrogens is 298 g/mol. The van der Waals surface area contributed by atoms with E-state index < -0.39 is 0 Å². The van der Waals surface area contributed by atoms with E-state index in [1.165, 1.54) is 0 Å². The van der Waals surface area contributed by atoms with Crippen molar-refractivity contribution in [2.45, 2.75) is 6.92 Å². The number of anilines is 2. The lowest BCUT2D eigenvalue weighted by atomic mass is 10.2. The van der Waals surface area contributed by atoms with Gasteiger partial charge in [-0.15, -0.1) is 0 Å². The van der Waals surface area contributed by atoms with Crippen LogP contribution in [-0.2, 0) is 0 Å². The molecule has 0 atom stereocenters. The molecule has 2 aromatic rings. The molecule has 96 valence electrons. The molecule has 0 fully saturated rings. The average molecular weight is 314 g/mol. The second-order valence-electron chi connectivity index (χ2n) is 4.07. The number of nitrogens with zero attached hydrogens (tertiary/aromatic N) is 1. The van der Waals surface area contributed by atoms with Gasteiger partial charge in [-0.3, -0.25) is 0 Å². The first-order valence-corrected chi connectivity index (χ1v) is 6.95. The van der Waals surface area contributed by atoms with Crippen LogP contribution in [0.3, 0.4) is 0 Å². The third-order valence-corrected chi connectivity index (χ3v) is 3.34. The lowest BCUT2D eigenvalue weighted by Gasteiger charge is -2.26. The van der Waals surface area contributed by atoms with Gasteiger partial charge in [-0.1, -0.05) is 52.9 Å². The molecule has 0 aliphatic rings. The fourth-order valence-electron chi connectivity index (χ4n) is 1.98. The molecule has 0 aliphatic heterocycles. The van der Waals surface area contributed by atoms with Crippen molar-refractivity contribution in [2.75, 3.05) is 4.90 Å². The van der Waals surface area contributed by atoms with Crippen LogP contribution in [0.2, 0.25) is 0 Å². The molecule has 2 rings (SSSR count). The maximum Gasteiger partial charge on any atom is 0.0472 e. The third kappa shape index (κ3) is 3.15. The Bertz CT molecular complexity index is 587. The Kier molecular flexibility index (Phi) is 4.58. The number of hydrogen-bond donors (Lipinski definition) is 0. The molecule has 0 N–H and O–H groups in total. The number of para-hydroxylation sites is 1. The van der Waals surface area contributed by atoms with Crippen LogP contribution in [0.1, 0.15) is 6.92 Å². The van der Waals surface area contributed by atoms with Crippen LogP contribution in [0.25, 0.3) is 0 Å². The molecule has 0 aliphatic carbocycles. The van der Waals surface area contributed by atoms with Crippen molar-refractivity contribution in [3.63, 3.8) is 0 Å². The van der Waals surface area contributed by atoms with Crippen LogP contribution in [0.15, 0.2) is 83.5 Å². The van der Waals surface area contributed by atoms with Gasteiger partial charge < -0.3 is 4.90 Å².